The van der Waals surface area contributed by atoms with Crippen molar-refractivity contribution < 1.29 is 5.11 Å². The van der Waals surface area contributed by atoms with Crippen molar-refractivity contribution in [3.63, 3.8) is 0 Å². The van der Waals surface area contributed by atoms with E-state index in [2.05, 4.69) is 0 Å². The lowest BCUT2D eigenvalue weighted by Crippen LogP contribution is -2.05. The van der Waals surface area contributed by atoms with Gasteiger partial charge >= 0.3 is 0 Å². The Balaban J connectivity index is 3.10. The molecule has 0 aliphatic carbocycles. The first kappa shape index (κ1) is 7.99. The summed E-state index contributed by atoms with van der Waals surface area (Å²) in [6.07, 6.45) is 4.09. The maximum atomic E-state index is 8.81. The molecular weight excluding hydrogens is 124 g/mol. The van der Waals surface area contributed by atoms with Gasteiger partial charge in [0.1, 0.15) is 0 Å². The summed E-state index contributed by atoms with van der Waals surface area (Å²) in [6.45, 7) is 1.92. The third-order valence-electron chi connectivity index (χ3n) is 0.822. The molecular formula is C6H11ClO. The topological polar surface area (TPSA) is 20.2 Å². The highest BCUT2D eigenvalue weighted by atomic mass is 35.5. The van der Waals surface area contributed by atoms with Crippen molar-refractivity contribution in [3.05, 3.63) is 12.2 Å². The third kappa shape index (κ3) is 4.16. The Morgan fingerprint density at radius 2 is 2.38 bits per heavy atom. The summed E-state index contributed by atoms with van der Waals surface area (Å²) in [4.78, 5) is 0. The van der Waals surface area contributed by atoms with Gasteiger partial charge < -0.3 is 5.11 Å². The number of alkyl halides is 1. The molecule has 48 valence electrons. The van der Waals surface area contributed by atoms with Crippen LogP contribution >= 0.6 is 11.6 Å². The fourth-order valence-corrected chi connectivity index (χ4v) is 0.482. The highest BCUT2D eigenvalue weighted by Gasteiger charge is 1.95. The summed E-state index contributed by atoms with van der Waals surface area (Å²) >= 11 is 5.30. The second-order valence-electron chi connectivity index (χ2n) is 1.61. The van der Waals surface area contributed by atoms with Gasteiger partial charge in [0.2, 0.25) is 0 Å². The lowest BCUT2D eigenvalue weighted by atomic mass is 10.3. The zero-order valence-corrected chi connectivity index (χ0v) is 5.73. The van der Waals surface area contributed by atoms with E-state index in [4.69, 9.17) is 16.7 Å². The fraction of sp³-hybridized carbons (Fsp3) is 0.667. The Bertz CT molecular complexity index is 70.9. The molecule has 0 rings (SSSR count). The molecule has 0 aromatic carbocycles. The van der Waals surface area contributed by atoms with E-state index in [1.165, 1.54) is 0 Å². The molecule has 0 amide bonds. The summed E-state index contributed by atoms with van der Waals surface area (Å²) in [7, 11) is 0. The van der Waals surface area contributed by atoms with E-state index >= 15 is 0 Å². The zero-order valence-electron chi connectivity index (χ0n) is 4.97. The third-order valence-corrected chi connectivity index (χ3v) is 1.18. The van der Waals surface area contributed by atoms with E-state index in [0.29, 0.717) is 12.3 Å². The standard InChI is InChI=1S/C6H11ClO/c1-2-3-4-6(8)5-7/h2-3,6,8H,4-5H2,1H3/b3-2+/t6-/m1/s1. The Morgan fingerprint density at radius 1 is 1.75 bits per heavy atom. The van der Waals surface area contributed by atoms with Crippen molar-refractivity contribution in [2.75, 3.05) is 5.88 Å². The molecule has 0 aliphatic rings. The Morgan fingerprint density at radius 3 is 2.75 bits per heavy atom. The first-order valence-electron chi connectivity index (χ1n) is 2.66. The monoisotopic (exact) mass is 134 g/mol. The number of halogens is 1. The predicted octanol–water partition coefficient (Wildman–Crippen LogP) is 1.55. The predicted molar refractivity (Wildman–Crippen MR) is 36.2 cm³/mol. The summed E-state index contributed by atoms with van der Waals surface area (Å²) in [5.74, 6) is 0.324. The van der Waals surface area contributed by atoms with Crippen LogP contribution in [-0.2, 0) is 0 Å². The average molecular weight is 135 g/mol. The number of allylic oxidation sites excluding steroid dienone is 1. The number of rotatable bonds is 3. The normalized spacial score (nSPS) is 14.9. The van der Waals surface area contributed by atoms with E-state index in [0.717, 1.165) is 0 Å². The van der Waals surface area contributed by atoms with Gasteiger partial charge in [0.15, 0.2) is 0 Å². The van der Waals surface area contributed by atoms with Crippen LogP contribution in [0.4, 0.5) is 0 Å². The lowest BCUT2D eigenvalue weighted by molar-refractivity contribution is 0.202. The summed E-state index contributed by atoms with van der Waals surface area (Å²) < 4.78 is 0. The SMILES string of the molecule is C/C=C/C[C@@H](O)CCl. The molecule has 0 bridgehead atoms. The lowest BCUT2D eigenvalue weighted by Gasteiger charge is -1.98. The van der Waals surface area contributed by atoms with Gasteiger partial charge in [-0.15, -0.1) is 11.6 Å². The smallest absolute Gasteiger partial charge is 0.0709 e. The van der Waals surface area contributed by atoms with Gasteiger partial charge in [-0.2, -0.15) is 0 Å². The molecule has 2 heteroatoms. The van der Waals surface area contributed by atoms with Crippen LogP contribution in [0.25, 0.3) is 0 Å². The quantitative estimate of drug-likeness (QED) is 0.459. The van der Waals surface area contributed by atoms with Gasteiger partial charge in [0.05, 0.1) is 6.10 Å². The largest absolute Gasteiger partial charge is 0.392 e. The van der Waals surface area contributed by atoms with Gasteiger partial charge in [-0.1, -0.05) is 12.2 Å². The van der Waals surface area contributed by atoms with Crippen molar-refractivity contribution >= 4 is 11.6 Å². The van der Waals surface area contributed by atoms with Crippen molar-refractivity contribution in [3.8, 4) is 0 Å². The second-order valence-corrected chi connectivity index (χ2v) is 1.92. The van der Waals surface area contributed by atoms with E-state index in [1.807, 2.05) is 19.1 Å². The highest BCUT2D eigenvalue weighted by molar-refractivity contribution is 6.18. The van der Waals surface area contributed by atoms with Crippen LogP contribution in [0.2, 0.25) is 0 Å². The maximum Gasteiger partial charge on any atom is 0.0709 e. The van der Waals surface area contributed by atoms with E-state index in [9.17, 15) is 0 Å². The van der Waals surface area contributed by atoms with E-state index in [1.54, 1.807) is 0 Å². The van der Waals surface area contributed by atoms with Gasteiger partial charge in [0, 0.05) is 5.88 Å². The molecule has 0 spiro atoms. The molecule has 1 nitrogen and oxygen atoms in total. The Labute approximate surface area is 55.0 Å². The molecule has 0 aromatic rings. The number of hydrogen-bond donors (Lipinski definition) is 1. The number of hydrogen-bond acceptors (Lipinski definition) is 1. The fourth-order valence-electron chi connectivity index (χ4n) is 0.356. The van der Waals surface area contributed by atoms with Crippen LogP contribution in [0.3, 0.4) is 0 Å². The molecule has 0 aromatic heterocycles. The summed E-state index contributed by atoms with van der Waals surface area (Å²) in [6, 6.07) is 0. The van der Waals surface area contributed by atoms with Crippen LogP contribution in [-0.4, -0.2) is 17.1 Å². The minimum Gasteiger partial charge on any atom is -0.392 e. The van der Waals surface area contributed by atoms with Crippen LogP contribution in [0.15, 0.2) is 12.2 Å². The number of aliphatic hydroxyl groups excluding tert-OH is 1. The van der Waals surface area contributed by atoms with Gasteiger partial charge in [-0.05, 0) is 13.3 Å². The molecule has 0 fully saturated rings. The van der Waals surface area contributed by atoms with Crippen LogP contribution in [0.5, 0.6) is 0 Å². The molecule has 1 atom stereocenters. The van der Waals surface area contributed by atoms with E-state index < -0.39 is 0 Å². The zero-order chi connectivity index (χ0) is 6.41. The summed E-state index contributed by atoms with van der Waals surface area (Å²) in [5.41, 5.74) is 0. The molecule has 8 heavy (non-hydrogen) atoms. The van der Waals surface area contributed by atoms with E-state index in [-0.39, 0.29) is 6.10 Å². The number of aliphatic hydroxyl groups is 1. The van der Waals surface area contributed by atoms with Gasteiger partial charge in [0.25, 0.3) is 0 Å². The van der Waals surface area contributed by atoms with Crippen molar-refractivity contribution in [1.82, 2.24) is 0 Å². The first-order chi connectivity index (χ1) is 3.81. The minimum absolute atomic E-state index is 0.324. The maximum absolute atomic E-state index is 8.81. The van der Waals surface area contributed by atoms with Crippen molar-refractivity contribution in [2.45, 2.75) is 19.4 Å². The molecule has 0 heterocycles. The minimum atomic E-state index is -0.368. The Hall–Kier alpha value is -0.0100. The molecule has 0 saturated carbocycles. The molecule has 0 saturated heterocycles. The molecule has 1 N–H and O–H groups in total. The second kappa shape index (κ2) is 5.13. The highest BCUT2D eigenvalue weighted by Crippen LogP contribution is 1.94. The van der Waals surface area contributed by atoms with Crippen LogP contribution in [0, 0.1) is 0 Å². The Kier molecular flexibility index (Phi) is 5.13. The molecule has 0 radical (unpaired) electrons. The molecule has 0 aliphatic heterocycles. The van der Waals surface area contributed by atoms with Crippen molar-refractivity contribution in [2.24, 2.45) is 0 Å². The van der Waals surface area contributed by atoms with Crippen LogP contribution < -0.4 is 0 Å². The van der Waals surface area contributed by atoms with Gasteiger partial charge in [-0.25, -0.2) is 0 Å². The summed E-state index contributed by atoms with van der Waals surface area (Å²) in [5, 5.41) is 8.81. The van der Waals surface area contributed by atoms with Gasteiger partial charge in [-0.3, -0.25) is 0 Å². The average Bonchev–Trinajstić information content (AvgIpc) is 1.83. The molecule has 0 unspecified atom stereocenters. The van der Waals surface area contributed by atoms with Crippen molar-refractivity contribution in [1.29, 1.82) is 0 Å². The van der Waals surface area contributed by atoms with Crippen LogP contribution in [0.1, 0.15) is 13.3 Å². The first-order valence-corrected chi connectivity index (χ1v) is 3.20.